The van der Waals surface area contributed by atoms with Gasteiger partial charge in [0.05, 0.1) is 12.5 Å². The first-order valence-electron chi connectivity index (χ1n) is 6.24. The van der Waals surface area contributed by atoms with Crippen LogP contribution in [0.15, 0.2) is 33.5 Å². The van der Waals surface area contributed by atoms with E-state index in [0.717, 1.165) is 22.6 Å². The highest BCUT2D eigenvalue weighted by atomic mass is 16.3. The summed E-state index contributed by atoms with van der Waals surface area (Å²) < 4.78 is 10.6. The number of hydrogen-bond acceptors (Lipinski definition) is 3. The van der Waals surface area contributed by atoms with Crippen LogP contribution in [0.2, 0.25) is 0 Å². The molecule has 0 N–H and O–H groups in total. The lowest BCUT2D eigenvalue weighted by Crippen LogP contribution is -2.02. The van der Waals surface area contributed by atoms with Crippen LogP contribution in [-0.2, 0) is 17.6 Å². The van der Waals surface area contributed by atoms with Gasteiger partial charge in [0.2, 0.25) is 0 Å². The van der Waals surface area contributed by atoms with Gasteiger partial charge in [0.15, 0.2) is 0 Å². The van der Waals surface area contributed by atoms with E-state index in [1.807, 2.05) is 26.0 Å². The fourth-order valence-corrected chi connectivity index (χ4v) is 1.95. The lowest BCUT2D eigenvalue weighted by molar-refractivity contribution is -0.119. The number of Topliss-reactive ketones (excluding diaryl/α,β-unsaturated/α-hetero) is 1. The van der Waals surface area contributed by atoms with Crippen molar-refractivity contribution < 1.29 is 13.6 Å². The molecular weight excluding hydrogens is 228 g/mol. The topological polar surface area (TPSA) is 43.4 Å². The van der Waals surface area contributed by atoms with Gasteiger partial charge in [-0.05, 0) is 37.1 Å². The third-order valence-corrected chi connectivity index (χ3v) is 3.20. The van der Waals surface area contributed by atoms with Crippen molar-refractivity contribution in [3.8, 4) is 0 Å². The molecule has 0 aliphatic heterocycles. The van der Waals surface area contributed by atoms with Gasteiger partial charge in [-0.3, -0.25) is 4.79 Å². The predicted octanol–water partition coefficient (Wildman–Crippen LogP) is 3.62. The van der Waals surface area contributed by atoms with E-state index in [4.69, 9.17) is 8.83 Å². The third kappa shape index (κ3) is 3.13. The molecule has 2 rings (SSSR count). The molecule has 0 saturated carbocycles. The van der Waals surface area contributed by atoms with Crippen molar-refractivity contribution in [3.63, 3.8) is 0 Å². The minimum absolute atomic E-state index is 0.251. The Morgan fingerprint density at radius 3 is 1.72 bits per heavy atom. The average molecular weight is 246 g/mol. The van der Waals surface area contributed by atoms with Crippen LogP contribution in [-0.4, -0.2) is 5.78 Å². The number of hydrogen-bond donors (Lipinski definition) is 0. The maximum atomic E-state index is 11.8. The van der Waals surface area contributed by atoms with Crippen LogP contribution in [0.1, 0.15) is 35.5 Å². The van der Waals surface area contributed by atoms with Gasteiger partial charge >= 0.3 is 0 Å². The molecule has 18 heavy (non-hydrogen) atoms. The van der Waals surface area contributed by atoms with E-state index in [-0.39, 0.29) is 5.78 Å². The highest BCUT2D eigenvalue weighted by Gasteiger charge is 2.09. The largest absolute Gasteiger partial charge is 0.469 e. The van der Waals surface area contributed by atoms with Crippen LogP contribution < -0.4 is 0 Å². The molecule has 0 fully saturated rings. The van der Waals surface area contributed by atoms with Crippen molar-refractivity contribution >= 4 is 5.78 Å². The molecule has 3 nitrogen and oxygen atoms in total. The molecule has 0 radical (unpaired) electrons. The molecule has 2 heterocycles. The summed E-state index contributed by atoms with van der Waals surface area (Å²) in [5.41, 5.74) is 2.23. The van der Waals surface area contributed by atoms with Crippen LogP contribution >= 0.6 is 0 Å². The van der Waals surface area contributed by atoms with Gasteiger partial charge in [0, 0.05) is 25.7 Å². The van der Waals surface area contributed by atoms with Crippen LogP contribution in [0.3, 0.4) is 0 Å². The summed E-state index contributed by atoms with van der Waals surface area (Å²) >= 11 is 0. The summed E-state index contributed by atoms with van der Waals surface area (Å²) in [6, 6.07) is 3.85. The van der Waals surface area contributed by atoms with E-state index >= 15 is 0 Å². The zero-order chi connectivity index (χ0) is 13.0. The van der Waals surface area contributed by atoms with Gasteiger partial charge in [-0.25, -0.2) is 0 Å². The fraction of sp³-hybridized carbons (Fsp3) is 0.400. The van der Waals surface area contributed by atoms with Crippen molar-refractivity contribution in [3.05, 3.63) is 47.3 Å². The molecule has 0 atom stereocenters. The summed E-state index contributed by atoms with van der Waals surface area (Å²) in [6.07, 6.45) is 5.79. The monoisotopic (exact) mass is 246 g/mol. The lowest BCUT2D eigenvalue weighted by Gasteiger charge is -2.00. The number of carbonyl (C=O) groups excluding carboxylic acids is 1. The number of rotatable bonds is 6. The molecule has 3 heteroatoms. The van der Waals surface area contributed by atoms with Gasteiger partial charge in [-0.2, -0.15) is 0 Å². The summed E-state index contributed by atoms with van der Waals surface area (Å²) in [6.45, 7) is 3.99. The Kier molecular flexibility index (Phi) is 4.03. The maximum absolute atomic E-state index is 11.8. The molecule has 0 saturated heterocycles. The number of ketones is 1. The molecule has 0 spiro atoms. The van der Waals surface area contributed by atoms with Crippen molar-refractivity contribution in [2.75, 3.05) is 0 Å². The minimum atomic E-state index is 0.251. The van der Waals surface area contributed by atoms with Crippen LogP contribution in [0.4, 0.5) is 0 Å². The van der Waals surface area contributed by atoms with Gasteiger partial charge in [0.1, 0.15) is 17.3 Å². The number of furan rings is 2. The van der Waals surface area contributed by atoms with Gasteiger partial charge < -0.3 is 8.83 Å². The maximum Gasteiger partial charge on any atom is 0.133 e. The van der Waals surface area contributed by atoms with Crippen molar-refractivity contribution in [1.29, 1.82) is 0 Å². The molecule has 0 amide bonds. The Hall–Kier alpha value is -1.77. The first-order valence-corrected chi connectivity index (χ1v) is 6.24. The zero-order valence-electron chi connectivity index (χ0n) is 10.9. The van der Waals surface area contributed by atoms with E-state index < -0.39 is 0 Å². The summed E-state index contributed by atoms with van der Waals surface area (Å²) in [4.78, 5) is 11.8. The molecule has 0 aromatic carbocycles. The Morgan fingerprint density at radius 2 is 1.39 bits per heavy atom. The van der Waals surface area contributed by atoms with Crippen LogP contribution in [0, 0.1) is 13.8 Å². The summed E-state index contributed by atoms with van der Waals surface area (Å²) in [5.74, 6) is 2.08. The lowest BCUT2D eigenvalue weighted by atomic mass is 10.1. The molecule has 2 aromatic heterocycles. The van der Waals surface area contributed by atoms with Crippen molar-refractivity contribution in [2.45, 2.75) is 39.5 Å². The highest BCUT2D eigenvalue weighted by molar-refractivity contribution is 5.78. The molecule has 0 aliphatic carbocycles. The first kappa shape index (κ1) is 12.7. The summed E-state index contributed by atoms with van der Waals surface area (Å²) in [5, 5.41) is 0. The SMILES string of the molecule is Cc1ccoc1CCC(=O)CCc1occc1C. The molecule has 96 valence electrons. The van der Waals surface area contributed by atoms with E-state index in [9.17, 15) is 4.79 Å². The second kappa shape index (κ2) is 5.71. The van der Waals surface area contributed by atoms with Crippen molar-refractivity contribution in [2.24, 2.45) is 0 Å². The van der Waals surface area contributed by atoms with Gasteiger partial charge in [-0.15, -0.1) is 0 Å². The minimum Gasteiger partial charge on any atom is -0.469 e. The molecule has 2 aromatic rings. The molecule has 0 bridgehead atoms. The Morgan fingerprint density at radius 1 is 0.944 bits per heavy atom. The fourth-order valence-electron chi connectivity index (χ4n) is 1.95. The average Bonchev–Trinajstić information content (AvgIpc) is 2.93. The van der Waals surface area contributed by atoms with Crippen molar-refractivity contribution in [1.82, 2.24) is 0 Å². The first-order chi connectivity index (χ1) is 8.66. The zero-order valence-corrected chi connectivity index (χ0v) is 10.9. The molecule has 0 aliphatic rings. The molecular formula is C15H18O3. The Bertz CT molecular complexity index is 473. The smallest absolute Gasteiger partial charge is 0.133 e. The Labute approximate surface area is 107 Å². The number of carbonyl (C=O) groups is 1. The second-order valence-corrected chi connectivity index (χ2v) is 4.59. The van der Waals surface area contributed by atoms with E-state index in [1.54, 1.807) is 12.5 Å². The standard InChI is InChI=1S/C15H18O3/c1-11-7-9-17-14(11)5-3-13(16)4-6-15-12(2)8-10-18-15/h7-10H,3-6H2,1-2H3. The normalized spacial score (nSPS) is 10.8. The van der Waals surface area contributed by atoms with E-state index in [0.29, 0.717) is 25.7 Å². The van der Waals surface area contributed by atoms with Crippen LogP contribution in [0.25, 0.3) is 0 Å². The second-order valence-electron chi connectivity index (χ2n) is 4.59. The van der Waals surface area contributed by atoms with Crippen LogP contribution in [0.5, 0.6) is 0 Å². The third-order valence-electron chi connectivity index (χ3n) is 3.20. The van der Waals surface area contributed by atoms with E-state index in [2.05, 4.69) is 0 Å². The summed E-state index contributed by atoms with van der Waals surface area (Å²) in [7, 11) is 0. The highest BCUT2D eigenvalue weighted by Crippen LogP contribution is 2.14. The Balaban J connectivity index is 1.76. The quantitative estimate of drug-likeness (QED) is 0.781. The van der Waals surface area contributed by atoms with Gasteiger partial charge in [0.25, 0.3) is 0 Å². The van der Waals surface area contributed by atoms with Gasteiger partial charge in [-0.1, -0.05) is 0 Å². The molecule has 0 unspecified atom stereocenters. The number of aryl methyl sites for hydroxylation is 4. The predicted molar refractivity (Wildman–Crippen MR) is 68.5 cm³/mol. The van der Waals surface area contributed by atoms with E-state index in [1.165, 1.54) is 0 Å².